The Morgan fingerprint density at radius 3 is 2.56 bits per heavy atom. The summed E-state index contributed by atoms with van der Waals surface area (Å²) in [6, 6.07) is 14.3. The average Bonchev–Trinajstić information content (AvgIpc) is 2.82. The Bertz CT molecular complexity index is 1180. The molecule has 8 heteroatoms. The fourth-order valence-corrected chi connectivity index (χ4v) is 4.11. The normalized spacial score (nSPS) is 14.9. The number of aromatic nitrogens is 1. The van der Waals surface area contributed by atoms with Gasteiger partial charge in [0, 0.05) is 44.3 Å². The molecule has 1 fully saturated rings. The molecule has 3 aromatic rings. The predicted octanol–water partition coefficient (Wildman–Crippen LogP) is 4.01. The summed E-state index contributed by atoms with van der Waals surface area (Å²) in [5.74, 6) is -0.853. The average molecular weight is 465 g/mol. The van der Waals surface area contributed by atoms with Crippen molar-refractivity contribution in [1.82, 2.24) is 14.8 Å². The summed E-state index contributed by atoms with van der Waals surface area (Å²) in [4.78, 5) is 20.3. The number of aromatic hydroxyl groups is 1. The number of ether oxygens (including phenoxy) is 1. The van der Waals surface area contributed by atoms with Gasteiger partial charge in [0.25, 0.3) is 5.91 Å². The van der Waals surface area contributed by atoms with E-state index in [1.54, 1.807) is 18.2 Å². The van der Waals surface area contributed by atoms with Crippen LogP contribution in [0.25, 0.3) is 11.1 Å². The Hall–Kier alpha value is -3.49. The lowest BCUT2D eigenvalue weighted by atomic mass is 10.0. The fraction of sp³-hybridized carbons (Fsp3) is 0.308. The summed E-state index contributed by atoms with van der Waals surface area (Å²) in [5.41, 5.74) is 7.85. The standard InChI is InChI=1S/C26H29FN4O3/c1-17(2)31-10-8-30(9-11-31)16-20-12-19(6-7-24(20)32)18-4-3-5-22(13-18)34-26-23(25(28)33)14-21(27)15-29-26/h3-7,12-15,17,32H,8-11,16H2,1-2H3,(H2,28,33). The summed E-state index contributed by atoms with van der Waals surface area (Å²) < 4.78 is 19.2. The zero-order valence-corrected chi connectivity index (χ0v) is 19.4. The Kier molecular flexibility index (Phi) is 7.09. The molecule has 1 aromatic heterocycles. The molecule has 0 spiro atoms. The number of halogens is 1. The third-order valence-electron chi connectivity index (χ3n) is 6.08. The SMILES string of the molecule is CC(C)N1CCN(Cc2cc(-c3cccc(Oc4ncc(F)cc4C(N)=O)c3)ccc2O)CC1. The number of pyridine rings is 1. The highest BCUT2D eigenvalue weighted by Gasteiger charge is 2.20. The summed E-state index contributed by atoms with van der Waals surface area (Å²) in [6.45, 7) is 9.04. The number of hydrogen-bond acceptors (Lipinski definition) is 6. The first-order valence-electron chi connectivity index (χ1n) is 11.3. The topological polar surface area (TPSA) is 91.9 Å². The highest BCUT2D eigenvalue weighted by atomic mass is 19.1. The van der Waals surface area contributed by atoms with E-state index < -0.39 is 11.7 Å². The molecule has 0 atom stereocenters. The van der Waals surface area contributed by atoms with Crippen LogP contribution in [0, 0.1) is 5.82 Å². The first-order chi connectivity index (χ1) is 16.3. The molecule has 4 rings (SSSR count). The van der Waals surface area contributed by atoms with Crippen molar-refractivity contribution >= 4 is 5.91 Å². The molecule has 0 bridgehead atoms. The van der Waals surface area contributed by atoms with Gasteiger partial charge >= 0.3 is 0 Å². The van der Waals surface area contributed by atoms with E-state index in [9.17, 15) is 14.3 Å². The smallest absolute Gasteiger partial charge is 0.254 e. The number of nitrogens with two attached hydrogens (primary N) is 1. The van der Waals surface area contributed by atoms with Crippen molar-refractivity contribution in [2.75, 3.05) is 26.2 Å². The molecule has 7 nitrogen and oxygen atoms in total. The molecule has 0 radical (unpaired) electrons. The zero-order valence-electron chi connectivity index (χ0n) is 19.4. The lowest BCUT2D eigenvalue weighted by molar-refractivity contribution is 0.0997. The number of rotatable bonds is 7. The molecule has 3 N–H and O–H groups in total. The first-order valence-corrected chi connectivity index (χ1v) is 11.3. The van der Waals surface area contributed by atoms with Crippen molar-refractivity contribution in [2.24, 2.45) is 5.73 Å². The number of phenolic OH excluding ortho intramolecular Hbond substituents is 1. The Morgan fingerprint density at radius 2 is 1.85 bits per heavy atom. The summed E-state index contributed by atoms with van der Waals surface area (Å²) >= 11 is 0. The van der Waals surface area contributed by atoms with Gasteiger partial charge in [-0.2, -0.15) is 0 Å². The number of piperazine rings is 1. The number of carbonyl (C=O) groups is 1. The van der Waals surface area contributed by atoms with Gasteiger partial charge in [-0.05, 0) is 55.3 Å². The molecule has 1 amide bonds. The molecule has 1 aliphatic rings. The van der Waals surface area contributed by atoms with Crippen LogP contribution in [0.15, 0.2) is 54.7 Å². The third-order valence-corrected chi connectivity index (χ3v) is 6.08. The third kappa shape index (κ3) is 5.52. The zero-order chi connectivity index (χ0) is 24.2. The van der Waals surface area contributed by atoms with Crippen LogP contribution in [0.1, 0.15) is 29.8 Å². The minimum atomic E-state index is -0.824. The van der Waals surface area contributed by atoms with Crippen LogP contribution in [-0.4, -0.2) is 58.0 Å². The summed E-state index contributed by atoms with van der Waals surface area (Å²) in [5, 5.41) is 10.5. The van der Waals surface area contributed by atoms with E-state index in [0.29, 0.717) is 18.3 Å². The predicted molar refractivity (Wildman–Crippen MR) is 128 cm³/mol. The van der Waals surface area contributed by atoms with Crippen LogP contribution < -0.4 is 10.5 Å². The molecule has 2 heterocycles. The number of phenols is 1. The second-order valence-electron chi connectivity index (χ2n) is 8.75. The van der Waals surface area contributed by atoms with E-state index >= 15 is 0 Å². The Labute approximate surface area is 198 Å². The number of benzene rings is 2. The lowest BCUT2D eigenvalue weighted by Crippen LogP contribution is -2.48. The molecule has 0 unspecified atom stereocenters. The van der Waals surface area contributed by atoms with Gasteiger partial charge in [0.1, 0.15) is 22.9 Å². The number of hydrogen-bond donors (Lipinski definition) is 2. The van der Waals surface area contributed by atoms with Gasteiger partial charge in [0.2, 0.25) is 5.88 Å². The van der Waals surface area contributed by atoms with Crippen LogP contribution in [0.5, 0.6) is 17.4 Å². The van der Waals surface area contributed by atoms with Gasteiger partial charge < -0.3 is 15.6 Å². The van der Waals surface area contributed by atoms with E-state index in [4.69, 9.17) is 10.5 Å². The molecule has 34 heavy (non-hydrogen) atoms. The molecule has 0 aliphatic carbocycles. The van der Waals surface area contributed by atoms with E-state index in [1.165, 1.54) is 0 Å². The molecular formula is C26H29FN4O3. The summed E-state index contributed by atoms with van der Waals surface area (Å²) in [7, 11) is 0. The lowest BCUT2D eigenvalue weighted by Gasteiger charge is -2.37. The van der Waals surface area contributed by atoms with Crippen LogP contribution >= 0.6 is 0 Å². The second-order valence-corrected chi connectivity index (χ2v) is 8.75. The maximum atomic E-state index is 13.5. The minimum Gasteiger partial charge on any atom is -0.508 e. The van der Waals surface area contributed by atoms with E-state index in [0.717, 1.165) is 55.1 Å². The number of amides is 1. The summed E-state index contributed by atoms with van der Waals surface area (Å²) in [6.07, 6.45) is 0.971. The largest absolute Gasteiger partial charge is 0.508 e. The van der Waals surface area contributed by atoms with Crippen molar-refractivity contribution in [3.05, 3.63) is 71.7 Å². The van der Waals surface area contributed by atoms with Gasteiger partial charge in [-0.1, -0.05) is 18.2 Å². The van der Waals surface area contributed by atoms with Gasteiger partial charge in [-0.3, -0.25) is 14.6 Å². The molecule has 0 saturated carbocycles. The number of carbonyl (C=O) groups excluding carboxylic acids is 1. The van der Waals surface area contributed by atoms with Gasteiger partial charge in [0.15, 0.2) is 0 Å². The number of primary amides is 1. The quantitative estimate of drug-likeness (QED) is 0.549. The van der Waals surface area contributed by atoms with Gasteiger partial charge in [-0.25, -0.2) is 9.37 Å². The maximum Gasteiger partial charge on any atom is 0.254 e. The van der Waals surface area contributed by atoms with Crippen molar-refractivity contribution in [3.8, 4) is 28.5 Å². The van der Waals surface area contributed by atoms with Crippen LogP contribution in [-0.2, 0) is 6.54 Å². The highest BCUT2D eigenvalue weighted by Crippen LogP contribution is 2.31. The molecular weight excluding hydrogens is 435 g/mol. The van der Waals surface area contributed by atoms with Crippen molar-refractivity contribution in [2.45, 2.75) is 26.4 Å². The van der Waals surface area contributed by atoms with Crippen LogP contribution in [0.3, 0.4) is 0 Å². The highest BCUT2D eigenvalue weighted by molar-refractivity contribution is 5.95. The first kappa shape index (κ1) is 23.7. The van der Waals surface area contributed by atoms with Crippen LogP contribution in [0.4, 0.5) is 4.39 Å². The van der Waals surface area contributed by atoms with Crippen molar-refractivity contribution in [3.63, 3.8) is 0 Å². The molecule has 178 valence electrons. The number of nitrogens with zero attached hydrogens (tertiary/aromatic N) is 3. The monoisotopic (exact) mass is 464 g/mol. The van der Waals surface area contributed by atoms with Crippen LogP contribution in [0.2, 0.25) is 0 Å². The van der Waals surface area contributed by atoms with E-state index in [1.807, 2.05) is 24.3 Å². The molecule has 1 saturated heterocycles. The molecule has 1 aliphatic heterocycles. The Morgan fingerprint density at radius 1 is 1.12 bits per heavy atom. The Balaban J connectivity index is 1.52. The van der Waals surface area contributed by atoms with Gasteiger partial charge in [-0.15, -0.1) is 0 Å². The van der Waals surface area contributed by atoms with E-state index in [2.05, 4.69) is 28.6 Å². The van der Waals surface area contributed by atoms with Crippen molar-refractivity contribution in [1.29, 1.82) is 0 Å². The maximum absolute atomic E-state index is 13.5. The minimum absolute atomic E-state index is 0.0574. The fourth-order valence-electron chi connectivity index (χ4n) is 4.11. The van der Waals surface area contributed by atoms with E-state index in [-0.39, 0.29) is 17.2 Å². The van der Waals surface area contributed by atoms with Gasteiger partial charge in [0.05, 0.1) is 6.20 Å². The van der Waals surface area contributed by atoms with Crippen molar-refractivity contribution < 1.29 is 19.0 Å². The molecule has 2 aromatic carbocycles. The second kappa shape index (κ2) is 10.2.